The molecule has 15 heavy (non-hydrogen) atoms. The van der Waals surface area contributed by atoms with Crippen molar-refractivity contribution in [2.45, 2.75) is 10.9 Å². The zero-order valence-corrected chi connectivity index (χ0v) is 9.25. The second kappa shape index (κ2) is 3.83. The van der Waals surface area contributed by atoms with Gasteiger partial charge in [0.15, 0.2) is 9.84 Å². The van der Waals surface area contributed by atoms with Crippen LogP contribution in [0.2, 0.25) is 0 Å². The summed E-state index contributed by atoms with van der Waals surface area (Å²) in [6, 6.07) is 7.12. The Bertz CT molecular complexity index is 434. The maximum atomic E-state index is 11.2. The molecule has 0 atom stereocenters. The first-order valence-electron chi connectivity index (χ1n) is 4.70. The summed E-state index contributed by atoms with van der Waals surface area (Å²) in [5.41, 5.74) is 0.927. The first kappa shape index (κ1) is 10.4. The molecule has 1 fully saturated rings. The predicted octanol–water partition coefficient (Wildman–Crippen LogP) is 0.901. The Balaban J connectivity index is 2.09. The molecule has 1 aromatic carbocycles. The molecule has 1 N–H and O–H groups in total. The van der Waals surface area contributed by atoms with Crippen molar-refractivity contribution in [2.24, 2.45) is 0 Å². The second-order valence-corrected chi connectivity index (χ2v) is 5.69. The van der Waals surface area contributed by atoms with Crippen LogP contribution in [0.15, 0.2) is 29.2 Å². The monoisotopic (exact) mass is 227 g/mol. The average Bonchev–Trinajstić information content (AvgIpc) is 2.11. The summed E-state index contributed by atoms with van der Waals surface area (Å²) in [6.45, 7) is 1.43. The summed E-state index contributed by atoms with van der Waals surface area (Å²) >= 11 is 0. The third-order valence-electron chi connectivity index (χ3n) is 2.29. The molecule has 1 aliphatic heterocycles. The Kier molecular flexibility index (Phi) is 2.67. The van der Waals surface area contributed by atoms with Gasteiger partial charge in [-0.05, 0) is 24.3 Å². The van der Waals surface area contributed by atoms with E-state index in [1.54, 1.807) is 24.3 Å². The molecule has 0 aliphatic carbocycles. The van der Waals surface area contributed by atoms with Crippen molar-refractivity contribution in [1.29, 1.82) is 0 Å². The second-order valence-electron chi connectivity index (χ2n) is 3.68. The van der Waals surface area contributed by atoms with E-state index in [1.807, 2.05) is 0 Å². The topological polar surface area (TPSA) is 55.4 Å². The van der Waals surface area contributed by atoms with E-state index in [4.69, 9.17) is 4.74 Å². The van der Waals surface area contributed by atoms with Crippen LogP contribution < -0.4 is 5.32 Å². The first-order valence-corrected chi connectivity index (χ1v) is 6.59. The number of ether oxygens (including phenoxy) is 1. The number of hydrogen-bond acceptors (Lipinski definition) is 4. The van der Waals surface area contributed by atoms with Gasteiger partial charge >= 0.3 is 0 Å². The van der Waals surface area contributed by atoms with Crippen LogP contribution in [0.3, 0.4) is 0 Å². The molecular weight excluding hydrogens is 214 g/mol. The predicted molar refractivity (Wildman–Crippen MR) is 57.8 cm³/mol. The van der Waals surface area contributed by atoms with Crippen molar-refractivity contribution in [2.75, 3.05) is 24.8 Å². The van der Waals surface area contributed by atoms with Gasteiger partial charge in [0.1, 0.15) is 0 Å². The van der Waals surface area contributed by atoms with Gasteiger partial charge in [-0.3, -0.25) is 0 Å². The summed E-state index contributed by atoms with van der Waals surface area (Å²) in [5.74, 6) is 0. The molecule has 1 aliphatic rings. The number of anilines is 1. The Morgan fingerprint density at radius 1 is 1.27 bits per heavy atom. The molecule has 0 aromatic heterocycles. The molecule has 4 nitrogen and oxygen atoms in total. The summed E-state index contributed by atoms with van der Waals surface area (Å²) in [6.07, 6.45) is 1.20. The van der Waals surface area contributed by atoms with Crippen LogP contribution in [-0.2, 0) is 14.6 Å². The van der Waals surface area contributed by atoms with E-state index in [2.05, 4.69) is 5.32 Å². The van der Waals surface area contributed by atoms with Crippen LogP contribution in [0.1, 0.15) is 0 Å². The third-order valence-corrected chi connectivity index (χ3v) is 3.42. The molecule has 0 amide bonds. The van der Waals surface area contributed by atoms with Crippen molar-refractivity contribution >= 4 is 15.5 Å². The van der Waals surface area contributed by atoms with Gasteiger partial charge in [0.2, 0.25) is 0 Å². The van der Waals surface area contributed by atoms with Crippen LogP contribution >= 0.6 is 0 Å². The molecular formula is C10H13NO3S. The first-order chi connectivity index (χ1) is 7.05. The molecule has 82 valence electrons. The fraction of sp³-hybridized carbons (Fsp3) is 0.400. The summed E-state index contributed by atoms with van der Waals surface area (Å²) in [7, 11) is -3.09. The molecule has 1 saturated heterocycles. The van der Waals surface area contributed by atoms with Crippen molar-refractivity contribution in [1.82, 2.24) is 0 Å². The Labute approximate surface area is 89.2 Å². The fourth-order valence-corrected chi connectivity index (χ4v) is 1.98. The fourth-order valence-electron chi connectivity index (χ4n) is 1.35. The van der Waals surface area contributed by atoms with Gasteiger partial charge in [-0.1, -0.05) is 0 Å². The number of sulfone groups is 1. The highest BCUT2D eigenvalue weighted by atomic mass is 32.2. The molecule has 0 unspecified atom stereocenters. The zero-order valence-electron chi connectivity index (χ0n) is 8.43. The third kappa shape index (κ3) is 2.49. The van der Waals surface area contributed by atoms with Gasteiger partial charge in [0.05, 0.1) is 24.2 Å². The Morgan fingerprint density at radius 3 is 2.27 bits per heavy atom. The number of benzene rings is 1. The van der Waals surface area contributed by atoms with Gasteiger partial charge in [0, 0.05) is 11.9 Å². The largest absolute Gasteiger partial charge is 0.378 e. The van der Waals surface area contributed by atoms with Gasteiger partial charge in [-0.25, -0.2) is 8.42 Å². The Morgan fingerprint density at radius 2 is 1.87 bits per heavy atom. The molecule has 1 heterocycles. The average molecular weight is 227 g/mol. The van der Waals surface area contributed by atoms with Crippen LogP contribution in [0.5, 0.6) is 0 Å². The van der Waals surface area contributed by atoms with Crippen molar-refractivity contribution in [3.05, 3.63) is 24.3 Å². The van der Waals surface area contributed by atoms with E-state index in [0.717, 1.165) is 5.69 Å². The SMILES string of the molecule is CS(=O)(=O)c1ccc(NC2COC2)cc1. The van der Waals surface area contributed by atoms with Crippen molar-refractivity contribution < 1.29 is 13.2 Å². The number of rotatable bonds is 3. The molecule has 0 spiro atoms. The maximum Gasteiger partial charge on any atom is 0.175 e. The lowest BCUT2D eigenvalue weighted by atomic mass is 10.2. The minimum absolute atomic E-state index is 0.345. The molecule has 0 radical (unpaired) electrons. The van der Waals surface area contributed by atoms with Crippen LogP contribution in [0, 0.1) is 0 Å². The smallest absolute Gasteiger partial charge is 0.175 e. The maximum absolute atomic E-state index is 11.2. The van der Waals surface area contributed by atoms with E-state index in [1.165, 1.54) is 6.26 Å². The quantitative estimate of drug-likeness (QED) is 0.833. The highest BCUT2D eigenvalue weighted by Gasteiger charge is 2.17. The minimum atomic E-state index is -3.09. The van der Waals surface area contributed by atoms with Crippen molar-refractivity contribution in [3.8, 4) is 0 Å². The molecule has 2 rings (SSSR count). The summed E-state index contributed by atoms with van der Waals surface area (Å²) in [5, 5.41) is 3.24. The van der Waals surface area contributed by atoms with Gasteiger partial charge in [-0.2, -0.15) is 0 Å². The van der Waals surface area contributed by atoms with E-state index in [0.29, 0.717) is 24.2 Å². The van der Waals surface area contributed by atoms with E-state index in [-0.39, 0.29) is 0 Å². The van der Waals surface area contributed by atoms with Crippen LogP contribution in [-0.4, -0.2) is 33.9 Å². The van der Waals surface area contributed by atoms with Crippen LogP contribution in [0.4, 0.5) is 5.69 Å². The summed E-state index contributed by atoms with van der Waals surface area (Å²) in [4.78, 5) is 0.345. The highest BCUT2D eigenvalue weighted by Crippen LogP contribution is 2.16. The Hall–Kier alpha value is -1.07. The molecule has 0 saturated carbocycles. The zero-order chi connectivity index (χ0) is 10.9. The lowest BCUT2D eigenvalue weighted by Gasteiger charge is -2.27. The van der Waals surface area contributed by atoms with Crippen molar-refractivity contribution in [3.63, 3.8) is 0 Å². The van der Waals surface area contributed by atoms with E-state index >= 15 is 0 Å². The van der Waals surface area contributed by atoms with Gasteiger partial charge in [0.25, 0.3) is 0 Å². The number of nitrogens with one attached hydrogen (secondary N) is 1. The lowest BCUT2D eigenvalue weighted by molar-refractivity contribution is 0.0211. The summed E-state index contributed by atoms with van der Waals surface area (Å²) < 4.78 is 27.4. The standard InChI is InChI=1S/C10H13NO3S/c1-15(12,13)10-4-2-8(3-5-10)11-9-6-14-7-9/h2-5,9,11H,6-7H2,1H3. The van der Waals surface area contributed by atoms with E-state index in [9.17, 15) is 8.42 Å². The van der Waals surface area contributed by atoms with E-state index < -0.39 is 9.84 Å². The lowest BCUT2D eigenvalue weighted by Crippen LogP contribution is -2.40. The number of hydrogen-bond donors (Lipinski definition) is 1. The van der Waals surface area contributed by atoms with Gasteiger partial charge in [-0.15, -0.1) is 0 Å². The normalized spacial score (nSPS) is 17.1. The highest BCUT2D eigenvalue weighted by molar-refractivity contribution is 7.90. The van der Waals surface area contributed by atoms with Crippen LogP contribution in [0.25, 0.3) is 0 Å². The van der Waals surface area contributed by atoms with Gasteiger partial charge < -0.3 is 10.1 Å². The minimum Gasteiger partial charge on any atom is -0.378 e. The molecule has 1 aromatic rings. The molecule has 0 bridgehead atoms. The molecule has 5 heteroatoms.